The molecule has 0 saturated carbocycles. The molecular formula is C27H23FN2O6. The molecule has 36 heavy (non-hydrogen) atoms. The van der Waals surface area contributed by atoms with Crippen molar-refractivity contribution >= 4 is 24.0 Å². The Morgan fingerprint density at radius 1 is 0.972 bits per heavy atom. The topological polar surface area (TPSA) is 105 Å². The number of nitrogens with one attached hydrogen (secondary N) is 1. The van der Waals surface area contributed by atoms with E-state index in [0.29, 0.717) is 29.2 Å². The molecule has 1 heterocycles. The van der Waals surface area contributed by atoms with Crippen molar-refractivity contribution in [2.75, 3.05) is 6.61 Å². The first-order valence-corrected chi connectivity index (χ1v) is 11.1. The molecular weight excluding hydrogens is 467 g/mol. The summed E-state index contributed by atoms with van der Waals surface area (Å²) in [5.41, 5.74) is 2.32. The van der Waals surface area contributed by atoms with Crippen LogP contribution in [0.5, 0.6) is 11.5 Å². The Morgan fingerprint density at radius 3 is 2.33 bits per heavy atom. The van der Waals surface area contributed by atoms with Crippen LogP contribution in [0.25, 0.3) is 6.08 Å². The van der Waals surface area contributed by atoms with Gasteiger partial charge in [0, 0.05) is 0 Å². The highest BCUT2D eigenvalue weighted by molar-refractivity contribution is 6.13. The van der Waals surface area contributed by atoms with Crippen molar-refractivity contribution in [3.63, 3.8) is 0 Å². The number of hydrogen-bond acceptors (Lipinski definition) is 5. The van der Waals surface area contributed by atoms with Gasteiger partial charge in [0.2, 0.25) is 0 Å². The van der Waals surface area contributed by atoms with E-state index >= 15 is 0 Å². The highest BCUT2D eigenvalue weighted by atomic mass is 19.1. The number of carboxylic acid groups (broad SMARTS) is 1. The molecule has 9 heteroatoms. The van der Waals surface area contributed by atoms with E-state index in [2.05, 4.69) is 5.32 Å². The number of amides is 3. The fourth-order valence-electron chi connectivity index (χ4n) is 3.56. The summed E-state index contributed by atoms with van der Waals surface area (Å²) in [5, 5.41) is 11.6. The first kappa shape index (κ1) is 24.5. The summed E-state index contributed by atoms with van der Waals surface area (Å²) in [5.74, 6) is -0.964. The SMILES string of the molecule is CCOc1cc(C=C2NC(=O)N(Cc3ccc(F)cc3)C2=O)ccc1OCc1ccc(C(=O)O)cc1. The van der Waals surface area contributed by atoms with E-state index in [-0.39, 0.29) is 24.4 Å². The summed E-state index contributed by atoms with van der Waals surface area (Å²) in [6.07, 6.45) is 1.54. The average Bonchev–Trinajstić information content (AvgIpc) is 3.12. The number of benzene rings is 3. The van der Waals surface area contributed by atoms with Gasteiger partial charge in [-0.05, 0) is 66.1 Å². The van der Waals surface area contributed by atoms with Gasteiger partial charge in [0.05, 0.1) is 18.7 Å². The van der Waals surface area contributed by atoms with Crippen LogP contribution in [0.2, 0.25) is 0 Å². The maximum atomic E-state index is 13.1. The lowest BCUT2D eigenvalue weighted by Gasteiger charge is -2.13. The first-order chi connectivity index (χ1) is 17.3. The number of urea groups is 1. The number of imide groups is 1. The molecule has 0 atom stereocenters. The molecule has 3 aromatic rings. The fraction of sp³-hybridized carbons (Fsp3) is 0.148. The number of carbonyl (C=O) groups excluding carboxylic acids is 2. The summed E-state index contributed by atoms with van der Waals surface area (Å²) >= 11 is 0. The van der Waals surface area contributed by atoms with Crippen LogP contribution in [-0.4, -0.2) is 34.5 Å². The molecule has 8 nitrogen and oxygen atoms in total. The smallest absolute Gasteiger partial charge is 0.335 e. The van der Waals surface area contributed by atoms with Gasteiger partial charge in [-0.25, -0.2) is 14.0 Å². The molecule has 0 aromatic heterocycles. The predicted octanol–water partition coefficient (Wildman–Crippen LogP) is 4.59. The Labute approximate surface area is 206 Å². The van der Waals surface area contributed by atoms with Crippen LogP contribution in [0.3, 0.4) is 0 Å². The number of carboxylic acids is 1. The molecule has 0 aliphatic carbocycles. The Bertz CT molecular complexity index is 1320. The summed E-state index contributed by atoms with van der Waals surface area (Å²) < 4.78 is 24.7. The number of aromatic carboxylic acids is 1. The van der Waals surface area contributed by atoms with Crippen LogP contribution in [0.4, 0.5) is 9.18 Å². The zero-order valence-corrected chi connectivity index (χ0v) is 19.4. The minimum absolute atomic E-state index is 0.0205. The summed E-state index contributed by atoms with van der Waals surface area (Å²) in [6, 6.07) is 16.5. The molecule has 1 aliphatic rings. The van der Waals surface area contributed by atoms with Crippen LogP contribution in [0.15, 0.2) is 72.4 Å². The number of rotatable bonds is 9. The minimum Gasteiger partial charge on any atom is -0.490 e. The zero-order valence-electron chi connectivity index (χ0n) is 19.4. The summed E-state index contributed by atoms with van der Waals surface area (Å²) in [4.78, 5) is 37.2. The monoisotopic (exact) mass is 490 g/mol. The third kappa shape index (κ3) is 5.69. The van der Waals surface area contributed by atoms with Crippen molar-refractivity contribution in [2.45, 2.75) is 20.1 Å². The third-order valence-electron chi connectivity index (χ3n) is 5.39. The number of nitrogens with zero attached hydrogens (tertiary/aromatic N) is 1. The van der Waals surface area contributed by atoms with Crippen molar-refractivity contribution < 1.29 is 33.4 Å². The van der Waals surface area contributed by atoms with Gasteiger partial charge in [0.15, 0.2) is 11.5 Å². The summed E-state index contributed by atoms with van der Waals surface area (Å²) in [7, 11) is 0. The van der Waals surface area contributed by atoms with Crippen LogP contribution in [0.1, 0.15) is 34.0 Å². The molecule has 0 radical (unpaired) electrons. The third-order valence-corrected chi connectivity index (χ3v) is 5.39. The van der Waals surface area contributed by atoms with Gasteiger partial charge >= 0.3 is 12.0 Å². The summed E-state index contributed by atoms with van der Waals surface area (Å²) in [6.45, 7) is 2.43. The Kier molecular flexibility index (Phi) is 7.29. The molecule has 1 saturated heterocycles. The van der Waals surface area contributed by atoms with E-state index in [4.69, 9.17) is 14.6 Å². The lowest BCUT2D eigenvalue weighted by Crippen LogP contribution is -2.30. The number of hydrogen-bond donors (Lipinski definition) is 2. The van der Waals surface area contributed by atoms with Gasteiger partial charge in [-0.3, -0.25) is 9.69 Å². The van der Waals surface area contributed by atoms with Crippen LogP contribution in [-0.2, 0) is 17.9 Å². The molecule has 2 N–H and O–H groups in total. The van der Waals surface area contributed by atoms with Gasteiger partial charge in [-0.1, -0.05) is 30.3 Å². The zero-order chi connectivity index (χ0) is 25.7. The second-order valence-corrected chi connectivity index (χ2v) is 7.94. The van der Waals surface area contributed by atoms with Crippen molar-refractivity contribution in [3.8, 4) is 11.5 Å². The van der Waals surface area contributed by atoms with Crippen LogP contribution in [0, 0.1) is 5.82 Å². The highest BCUT2D eigenvalue weighted by Crippen LogP contribution is 2.30. The van der Waals surface area contributed by atoms with E-state index in [1.165, 1.54) is 36.4 Å². The maximum absolute atomic E-state index is 13.1. The van der Waals surface area contributed by atoms with E-state index in [1.54, 1.807) is 36.4 Å². The van der Waals surface area contributed by atoms with Crippen molar-refractivity contribution in [2.24, 2.45) is 0 Å². The molecule has 3 aromatic carbocycles. The number of halogens is 1. The largest absolute Gasteiger partial charge is 0.490 e. The average molecular weight is 490 g/mol. The molecule has 0 bridgehead atoms. The van der Waals surface area contributed by atoms with Gasteiger partial charge in [-0.2, -0.15) is 0 Å². The highest BCUT2D eigenvalue weighted by Gasteiger charge is 2.33. The fourth-order valence-corrected chi connectivity index (χ4v) is 3.56. The van der Waals surface area contributed by atoms with Gasteiger partial charge < -0.3 is 19.9 Å². The molecule has 4 rings (SSSR count). The Balaban J connectivity index is 1.48. The Hall–Kier alpha value is -4.66. The predicted molar refractivity (Wildman–Crippen MR) is 129 cm³/mol. The van der Waals surface area contributed by atoms with Gasteiger partial charge in [0.25, 0.3) is 5.91 Å². The van der Waals surface area contributed by atoms with Gasteiger partial charge in [0.1, 0.15) is 18.1 Å². The lowest BCUT2D eigenvalue weighted by molar-refractivity contribution is -0.123. The molecule has 0 spiro atoms. The quantitative estimate of drug-likeness (QED) is 0.336. The molecule has 3 amide bonds. The number of carbonyl (C=O) groups is 3. The maximum Gasteiger partial charge on any atom is 0.335 e. The molecule has 0 unspecified atom stereocenters. The van der Waals surface area contributed by atoms with Crippen LogP contribution >= 0.6 is 0 Å². The van der Waals surface area contributed by atoms with E-state index in [1.807, 2.05) is 6.92 Å². The molecule has 1 fully saturated rings. The number of ether oxygens (including phenoxy) is 2. The van der Waals surface area contributed by atoms with Crippen molar-refractivity contribution in [1.29, 1.82) is 0 Å². The van der Waals surface area contributed by atoms with Crippen molar-refractivity contribution in [3.05, 3.63) is 100 Å². The van der Waals surface area contributed by atoms with E-state index < -0.39 is 23.7 Å². The second kappa shape index (κ2) is 10.7. The van der Waals surface area contributed by atoms with E-state index in [9.17, 15) is 18.8 Å². The first-order valence-electron chi connectivity index (χ1n) is 11.1. The Morgan fingerprint density at radius 2 is 1.67 bits per heavy atom. The lowest BCUT2D eigenvalue weighted by atomic mass is 10.1. The minimum atomic E-state index is -0.999. The van der Waals surface area contributed by atoms with E-state index in [0.717, 1.165) is 10.5 Å². The standard InChI is InChI=1S/C27H23FN2O6/c1-2-35-24-14-19(7-12-23(24)36-16-18-3-8-20(9-4-18)26(32)33)13-22-25(31)30(27(34)29-22)15-17-5-10-21(28)11-6-17/h3-14H,2,15-16H2,1H3,(H,29,34)(H,32,33). The van der Waals surface area contributed by atoms with Gasteiger partial charge in [-0.15, -0.1) is 0 Å². The molecule has 184 valence electrons. The second-order valence-electron chi connectivity index (χ2n) is 7.94. The van der Waals surface area contributed by atoms with Crippen LogP contribution < -0.4 is 14.8 Å². The molecule has 1 aliphatic heterocycles. The normalized spacial score (nSPS) is 14.2. The van der Waals surface area contributed by atoms with Crippen molar-refractivity contribution in [1.82, 2.24) is 10.2 Å².